The second-order valence-corrected chi connectivity index (χ2v) is 3.85. The van der Waals surface area contributed by atoms with Crippen LogP contribution in [0.2, 0.25) is 0 Å². The normalized spacial score (nSPS) is 12.9. The molecule has 0 fully saturated rings. The van der Waals surface area contributed by atoms with Gasteiger partial charge in [-0.1, -0.05) is 25.1 Å². The maximum Gasteiger partial charge on any atom is 0.0248 e. The highest BCUT2D eigenvalue weighted by Gasteiger charge is 2.08. The van der Waals surface area contributed by atoms with Crippen LogP contribution < -0.4 is 11.3 Å². The Kier molecular flexibility index (Phi) is 4.11. The van der Waals surface area contributed by atoms with Gasteiger partial charge >= 0.3 is 0 Å². The molecular formula is C12H20N2. The molecule has 14 heavy (non-hydrogen) atoms. The zero-order chi connectivity index (χ0) is 10.6. The first kappa shape index (κ1) is 11.2. The third-order valence-corrected chi connectivity index (χ3v) is 2.82. The number of nitrogens with one attached hydrogen (secondary N) is 1. The third-order valence-electron chi connectivity index (χ3n) is 2.82. The van der Waals surface area contributed by atoms with Gasteiger partial charge in [-0.15, -0.1) is 0 Å². The van der Waals surface area contributed by atoms with E-state index in [4.69, 9.17) is 5.84 Å². The summed E-state index contributed by atoms with van der Waals surface area (Å²) in [5.41, 5.74) is 7.00. The lowest BCUT2D eigenvalue weighted by Crippen LogP contribution is -2.36. The van der Waals surface area contributed by atoms with Gasteiger partial charge in [0.25, 0.3) is 0 Å². The van der Waals surface area contributed by atoms with Crippen molar-refractivity contribution in [1.82, 2.24) is 5.43 Å². The van der Waals surface area contributed by atoms with Gasteiger partial charge in [-0.05, 0) is 43.4 Å². The Morgan fingerprint density at radius 2 is 1.86 bits per heavy atom. The number of aryl methyl sites for hydroxylation is 2. The smallest absolute Gasteiger partial charge is 0.0248 e. The average Bonchev–Trinajstić information content (AvgIpc) is 2.18. The first-order chi connectivity index (χ1) is 6.69. The molecule has 78 valence electrons. The van der Waals surface area contributed by atoms with Crippen LogP contribution in [-0.4, -0.2) is 6.04 Å². The van der Waals surface area contributed by atoms with Crippen LogP contribution in [0.25, 0.3) is 0 Å². The average molecular weight is 192 g/mol. The highest BCUT2D eigenvalue weighted by atomic mass is 15.2. The Morgan fingerprint density at radius 1 is 1.29 bits per heavy atom. The summed E-state index contributed by atoms with van der Waals surface area (Å²) in [5.74, 6) is 5.48. The van der Waals surface area contributed by atoms with Crippen molar-refractivity contribution in [3.8, 4) is 0 Å². The van der Waals surface area contributed by atoms with Crippen LogP contribution in [0.5, 0.6) is 0 Å². The van der Waals surface area contributed by atoms with Crippen LogP contribution in [0.4, 0.5) is 0 Å². The van der Waals surface area contributed by atoms with Crippen molar-refractivity contribution in [2.75, 3.05) is 0 Å². The Bertz CT molecular complexity index is 270. The minimum absolute atomic E-state index is 0.384. The van der Waals surface area contributed by atoms with Gasteiger partial charge in [0.1, 0.15) is 0 Å². The molecule has 0 bridgehead atoms. The van der Waals surface area contributed by atoms with Gasteiger partial charge in [-0.2, -0.15) is 0 Å². The van der Waals surface area contributed by atoms with Crippen molar-refractivity contribution in [3.05, 3.63) is 34.9 Å². The Morgan fingerprint density at radius 3 is 2.29 bits per heavy atom. The van der Waals surface area contributed by atoms with Gasteiger partial charge < -0.3 is 0 Å². The molecule has 2 heteroatoms. The SMILES string of the molecule is CCC(Cc1c(C)cccc1C)NN. The number of rotatable bonds is 4. The molecule has 0 heterocycles. The van der Waals surface area contributed by atoms with Crippen LogP contribution >= 0.6 is 0 Å². The Balaban J connectivity index is 2.84. The maximum atomic E-state index is 5.48. The molecule has 0 saturated heterocycles. The molecule has 0 spiro atoms. The first-order valence-corrected chi connectivity index (χ1v) is 5.20. The highest BCUT2D eigenvalue weighted by molar-refractivity contribution is 5.34. The second-order valence-electron chi connectivity index (χ2n) is 3.85. The van der Waals surface area contributed by atoms with E-state index in [1.54, 1.807) is 0 Å². The molecule has 0 aromatic heterocycles. The van der Waals surface area contributed by atoms with E-state index in [-0.39, 0.29) is 0 Å². The van der Waals surface area contributed by atoms with Crippen molar-refractivity contribution >= 4 is 0 Å². The van der Waals surface area contributed by atoms with E-state index in [2.05, 4.69) is 44.4 Å². The molecule has 1 aromatic carbocycles. The summed E-state index contributed by atoms with van der Waals surface area (Å²) < 4.78 is 0. The van der Waals surface area contributed by atoms with Crippen molar-refractivity contribution in [2.24, 2.45) is 5.84 Å². The molecule has 1 rings (SSSR count). The maximum absolute atomic E-state index is 5.48. The van der Waals surface area contributed by atoms with Crippen molar-refractivity contribution in [1.29, 1.82) is 0 Å². The van der Waals surface area contributed by atoms with E-state index in [0.29, 0.717) is 6.04 Å². The molecule has 0 aliphatic rings. The van der Waals surface area contributed by atoms with Gasteiger partial charge in [-0.3, -0.25) is 11.3 Å². The summed E-state index contributed by atoms with van der Waals surface area (Å²) in [6.07, 6.45) is 2.08. The first-order valence-electron chi connectivity index (χ1n) is 5.20. The minimum Gasteiger partial charge on any atom is -0.271 e. The molecule has 3 N–H and O–H groups in total. The fourth-order valence-electron chi connectivity index (χ4n) is 1.74. The summed E-state index contributed by atoms with van der Waals surface area (Å²) in [6, 6.07) is 6.80. The standard InChI is InChI=1S/C12H20N2/c1-4-11(14-13)8-12-9(2)6-5-7-10(12)3/h5-7,11,14H,4,8,13H2,1-3H3. The van der Waals surface area contributed by atoms with Crippen LogP contribution in [0, 0.1) is 13.8 Å². The van der Waals surface area contributed by atoms with Crippen LogP contribution in [-0.2, 0) is 6.42 Å². The molecule has 1 unspecified atom stereocenters. The van der Waals surface area contributed by atoms with Crippen molar-refractivity contribution < 1.29 is 0 Å². The lowest BCUT2D eigenvalue weighted by molar-refractivity contribution is 0.509. The number of hydrogen-bond donors (Lipinski definition) is 2. The van der Waals surface area contributed by atoms with Gasteiger partial charge in [-0.25, -0.2) is 0 Å². The molecule has 2 nitrogen and oxygen atoms in total. The summed E-state index contributed by atoms with van der Waals surface area (Å²) in [5, 5.41) is 0. The van der Waals surface area contributed by atoms with E-state index >= 15 is 0 Å². The monoisotopic (exact) mass is 192 g/mol. The quantitative estimate of drug-likeness (QED) is 0.566. The minimum atomic E-state index is 0.384. The van der Waals surface area contributed by atoms with Crippen LogP contribution in [0.15, 0.2) is 18.2 Å². The molecule has 0 saturated carbocycles. The van der Waals surface area contributed by atoms with E-state index in [9.17, 15) is 0 Å². The molecule has 1 atom stereocenters. The van der Waals surface area contributed by atoms with Gasteiger partial charge in [0.2, 0.25) is 0 Å². The predicted molar refractivity (Wildman–Crippen MR) is 61.0 cm³/mol. The summed E-state index contributed by atoms with van der Waals surface area (Å²) in [4.78, 5) is 0. The zero-order valence-corrected chi connectivity index (χ0v) is 9.30. The molecule has 0 aliphatic heterocycles. The second kappa shape index (κ2) is 5.13. The molecular weight excluding hydrogens is 172 g/mol. The third kappa shape index (κ3) is 2.56. The lowest BCUT2D eigenvalue weighted by Gasteiger charge is -2.16. The molecule has 0 aliphatic carbocycles. The van der Waals surface area contributed by atoms with E-state index in [0.717, 1.165) is 12.8 Å². The van der Waals surface area contributed by atoms with E-state index in [1.807, 2.05) is 0 Å². The molecule has 0 radical (unpaired) electrons. The fourth-order valence-corrected chi connectivity index (χ4v) is 1.74. The summed E-state index contributed by atoms with van der Waals surface area (Å²) in [6.45, 7) is 6.47. The predicted octanol–water partition coefficient (Wildman–Crippen LogP) is 2.09. The number of nitrogens with two attached hydrogens (primary N) is 1. The highest BCUT2D eigenvalue weighted by Crippen LogP contribution is 2.15. The lowest BCUT2D eigenvalue weighted by atomic mass is 9.96. The van der Waals surface area contributed by atoms with Crippen LogP contribution in [0.1, 0.15) is 30.0 Å². The van der Waals surface area contributed by atoms with Crippen molar-refractivity contribution in [2.45, 2.75) is 39.7 Å². The van der Waals surface area contributed by atoms with Gasteiger partial charge in [0, 0.05) is 6.04 Å². The summed E-state index contributed by atoms with van der Waals surface area (Å²) >= 11 is 0. The van der Waals surface area contributed by atoms with Crippen molar-refractivity contribution in [3.63, 3.8) is 0 Å². The number of hydrazine groups is 1. The van der Waals surface area contributed by atoms with E-state index in [1.165, 1.54) is 16.7 Å². The zero-order valence-electron chi connectivity index (χ0n) is 9.30. The molecule has 0 amide bonds. The topological polar surface area (TPSA) is 38.0 Å². The number of hydrogen-bond acceptors (Lipinski definition) is 2. The number of benzene rings is 1. The summed E-state index contributed by atoms with van der Waals surface area (Å²) in [7, 11) is 0. The largest absolute Gasteiger partial charge is 0.271 e. The fraction of sp³-hybridized carbons (Fsp3) is 0.500. The van der Waals surface area contributed by atoms with Gasteiger partial charge in [0.15, 0.2) is 0 Å². The van der Waals surface area contributed by atoms with Gasteiger partial charge in [0.05, 0.1) is 0 Å². The van der Waals surface area contributed by atoms with E-state index < -0.39 is 0 Å². The Hall–Kier alpha value is -0.860. The molecule has 1 aromatic rings. The van der Waals surface area contributed by atoms with Crippen LogP contribution in [0.3, 0.4) is 0 Å². The Labute approximate surface area is 86.5 Å².